The third kappa shape index (κ3) is 6.30. The van der Waals surface area contributed by atoms with Gasteiger partial charge in [-0.25, -0.2) is 9.97 Å². The molecule has 4 heterocycles. The molecule has 2 aromatic heterocycles. The summed E-state index contributed by atoms with van der Waals surface area (Å²) in [6.45, 7) is 9.96. The van der Waals surface area contributed by atoms with Crippen LogP contribution in [0.5, 0.6) is 0 Å². The number of hydrogen-bond donors (Lipinski definition) is 0. The van der Waals surface area contributed by atoms with Gasteiger partial charge in [-0.1, -0.05) is 36.4 Å². The van der Waals surface area contributed by atoms with Crippen LogP contribution in [-0.4, -0.2) is 87.9 Å². The fourth-order valence-corrected chi connectivity index (χ4v) is 5.61. The van der Waals surface area contributed by atoms with E-state index >= 15 is 0 Å². The molecule has 0 N–H and O–H groups in total. The summed E-state index contributed by atoms with van der Waals surface area (Å²) < 4.78 is 0. The molecule has 2 saturated heterocycles. The molecule has 5 rings (SSSR count). The van der Waals surface area contributed by atoms with E-state index in [0.717, 1.165) is 86.6 Å². The molecule has 0 atom stereocenters. The van der Waals surface area contributed by atoms with Crippen LogP contribution < -0.4 is 0 Å². The van der Waals surface area contributed by atoms with E-state index in [1.807, 2.05) is 49.1 Å². The van der Waals surface area contributed by atoms with Crippen molar-refractivity contribution < 1.29 is 4.79 Å². The third-order valence-corrected chi connectivity index (χ3v) is 8.10. The molecule has 0 spiro atoms. The molecular weight excluding hydrogens is 508 g/mol. The quantitative estimate of drug-likeness (QED) is 0.458. The number of aryl methyl sites for hydroxylation is 2. The number of rotatable bonds is 4. The predicted octanol–water partition coefficient (Wildman–Crippen LogP) is 4.31. The second kappa shape index (κ2) is 12.3. The van der Waals surface area contributed by atoms with Gasteiger partial charge >= 0.3 is 0 Å². The van der Waals surface area contributed by atoms with Crippen molar-refractivity contribution in [2.45, 2.75) is 39.2 Å². The molecule has 202 valence electrons. The number of carbonyl (C=O) groups is 1. The summed E-state index contributed by atoms with van der Waals surface area (Å²) in [6, 6.07) is 10.0. The molecule has 7 nitrogen and oxygen atoms in total. The van der Waals surface area contributed by atoms with Crippen molar-refractivity contribution in [3.8, 4) is 23.1 Å². The number of pyridine rings is 1. The number of halogens is 1. The highest BCUT2D eigenvalue weighted by Gasteiger charge is 2.29. The van der Waals surface area contributed by atoms with E-state index in [2.05, 4.69) is 43.6 Å². The van der Waals surface area contributed by atoms with E-state index in [1.165, 1.54) is 0 Å². The number of nitrogens with zero attached hydrogens (tertiary/aromatic N) is 6. The average Bonchev–Trinajstić information content (AvgIpc) is 2.97. The van der Waals surface area contributed by atoms with Crippen LogP contribution in [-0.2, 0) is 6.42 Å². The lowest BCUT2D eigenvalue weighted by Crippen LogP contribution is -2.53. The van der Waals surface area contributed by atoms with Crippen LogP contribution in [0.4, 0.5) is 0 Å². The molecule has 0 bridgehead atoms. The Morgan fingerprint density at radius 3 is 2.44 bits per heavy atom. The molecule has 1 amide bonds. The van der Waals surface area contributed by atoms with E-state index in [9.17, 15) is 4.79 Å². The summed E-state index contributed by atoms with van der Waals surface area (Å²) in [4.78, 5) is 33.7. The van der Waals surface area contributed by atoms with Crippen molar-refractivity contribution in [1.29, 1.82) is 0 Å². The minimum atomic E-state index is -0.00722. The molecule has 0 aliphatic carbocycles. The van der Waals surface area contributed by atoms with Crippen LogP contribution in [0.2, 0.25) is 5.02 Å². The first-order valence-electron chi connectivity index (χ1n) is 13.7. The number of amides is 1. The van der Waals surface area contributed by atoms with Gasteiger partial charge in [0.1, 0.15) is 6.33 Å². The normalized spacial score (nSPS) is 17.1. The fraction of sp³-hybridized carbons (Fsp3) is 0.419. The van der Waals surface area contributed by atoms with E-state index in [-0.39, 0.29) is 5.91 Å². The van der Waals surface area contributed by atoms with Crippen LogP contribution in [0.1, 0.15) is 52.6 Å². The smallest absolute Gasteiger partial charge is 0.255 e. The van der Waals surface area contributed by atoms with E-state index < -0.39 is 0 Å². The second-order valence-electron chi connectivity index (χ2n) is 10.4. The zero-order valence-corrected chi connectivity index (χ0v) is 23.7. The van der Waals surface area contributed by atoms with Gasteiger partial charge in [0, 0.05) is 68.3 Å². The van der Waals surface area contributed by atoms with Crippen molar-refractivity contribution in [2.75, 3.05) is 46.3 Å². The predicted molar refractivity (Wildman–Crippen MR) is 155 cm³/mol. The lowest BCUT2D eigenvalue weighted by atomic mass is 9.99. The van der Waals surface area contributed by atoms with Gasteiger partial charge in [-0.15, -0.1) is 0 Å². The maximum atomic E-state index is 13.4. The van der Waals surface area contributed by atoms with Crippen LogP contribution in [0, 0.1) is 18.8 Å². The molecule has 2 aliphatic heterocycles. The Balaban J connectivity index is 1.33. The van der Waals surface area contributed by atoms with Gasteiger partial charge < -0.3 is 9.80 Å². The topological polar surface area (TPSA) is 65.5 Å². The molecule has 0 unspecified atom stereocenters. The number of likely N-dealkylation sites (N-methyl/N-ethyl adjacent to an activating group) is 1. The van der Waals surface area contributed by atoms with E-state index in [4.69, 9.17) is 11.6 Å². The summed E-state index contributed by atoms with van der Waals surface area (Å²) in [5.74, 6) is 6.46. The van der Waals surface area contributed by atoms with Crippen molar-refractivity contribution >= 4 is 17.5 Å². The monoisotopic (exact) mass is 542 g/mol. The number of piperidine rings is 1. The Kier molecular flexibility index (Phi) is 8.56. The van der Waals surface area contributed by atoms with Gasteiger partial charge in [-0.3, -0.25) is 14.7 Å². The number of benzene rings is 1. The van der Waals surface area contributed by atoms with Crippen molar-refractivity contribution in [2.24, 2.45) is 0 Å². The Bertz CT molecular complexity index is 1380. The van der Waals surface area contributed by atoms with Crippen LogP contribution in [0.3, 0.4) is 0 Å². The number of likely N-dealkylation sites (tertiary alicyclic amines) is 1. The first-order chi connectivity index (χ1) is 18.9. The Labute approximate surface area is 236 Å². The van der Waals surface area contributed by atoms with Gasteiger partial charge in [0.2, 0.25) is 0 Å². The zero-order chi connectivity index (χ0) is 27.4. The second-order valence-corrected chi connectivity index (χ2v) is 10.8. The average molecular weight is 543 g/mol. The minimum Gasteiger partial charge on any atom is -0.338 e. The Hall–Kier alpha value is -3.31. The lowest BCUT2D eigenvalue weighted by Gasteiger charge is -2.42. The maximum Gasteiger partial charge on any atom is 0.255 e. The molecule has 39 heavy (non-hydrogen) atoms. The number of piperazine rings is 1. The third-order valence-electron chi connectivity index (χ3n) is 7.78. The fourth-order valence-electron chi connectivity index (χ4n) is 5.34. The van der Waals surface area contributed by atoms with Gasteiger partial charge in [0.05, 0.1) is 27.5 Å². The van der Waals surface area contributed by atoms with Gasteiger partial charge in [0.15, 0.2) is 0 Å². The van der Waals surface area contributed by atoms with Crippen molar-refractivity contribution in [3.05, 3.63) is 76.0 Å². The van der Waals surface area contributed by atoms with Crippen LogP contribution in [0.15, 0.2) is 42.9 Å². The number of hydrogen-bond acceptors (Lipinski definition) is 6. The van der Waals surface area contributed by atoms with Crippen molar-refractivity contribution in [3.63, 3.8) is 0 Å². The lowest BCUT2D eigenvalue weighted by molar-refractivity contribution is 0.0519. The summed E-state index contributed by atoms with van der Waals surface area (Å²) >= 11 is 6.72. The number of carbonyl (C=O) groups excluding carboxylic acids is 1. The zero-order valence-electron chi connectivity index (χ0n) is 23.0. The Morgan fingerprint density at radius 2 is 1.77 bits per heavy atom. The van der Waals surface area contributed by atoms with Crippen LogP contribution >= 0.6 is 11.6 Å². The first kappa shape index (κ1) is 27.3. The summed E-state index contributed by atoms with van der Waals surface area (Å²) in [5, 5.41) is 0.428. The number of aromatic nitrogens is 3. The standard InChI is InChI=1S/C31H35ClN6O/c1-4-29-27(9-7-23-6-5-22(2)33-20-23)30(35-21-34-29)24-8-10-26(28(32)19-24)31(39)38-13-11-25(12-14-38)37-17-15-36(3)16-18-37/h5-6,8,10,19-21,25H,4,11-18H2,1-3H3. The van der Waals surface area contributed by atoms with E-state index in [0.29, 0.717) is 22.3 Å². The minimum absolute atomic E-state index is 0.00722. The van der Waals surface area contributed by atoms with Crippen LogP contribution in [0.25, 0.3) is 11.3 Å². The first-order valence-corrected chi connectivity index (χ1v) is 14.1. The SMILES string of the molecule is CCc1ncnc(-c2ccc(C(=O)N3CCC(N4CCN(C)CC4)CC3)c(Cl)c2)c1C#Cc1ccc(C)nc1. The molecule has 2 aliphatic rings. The highest BCUT2D eigenvalue weighted by Crippen LogP contribution is 2.29. The summed E-state index contributed by atoms with van der Waals surface area (Å²) in [5.41, 5.74) is 5.46. The molecular formula is C31H35ClN6O. The van der Waals surface area contributed by atoms with Gasteiger partial charge in [0.25, 0.3) is 5.91 Å². The highest BCUT2D eigenvalue weighted by molar-refractivity contribution is 6.34. The highest BCUT2D eigenvalue weighted by atomic mass is 35.5. The molecule has 1 aromatic carbocycles. The Morgan fingerprint density at radius 1 is 1.00 bits per heavy atom. The molecule has 8 heteroatoms. The molecule has 2 fully saturated rings. The van der Waals surface area contributed by atoms with E-state index in [1.54, 1.807) is 12.5 Å². The molecule has 0 saturated carbocycles. The van der Waals surface area contributed by atoms with Crippen molar-refractivity contribution in [1.82, 2.24) is 29.7 Å². The van der Waals surface area contributed by atoms with Gasteiger partial charge in [-0.2, -0.15) is 0 Å². The molecule has 0 radical (unpaired) electrons. The maximum absolute atomic E-state index is 13.4. The largest absolute Gasteiger partial charge is 0.338 e. The van der Waals surface area contributed by atoms with Gasteiger partial charge in [-0.05, 0) is 57.5 Å². The summed E-state index contributed by atoms with van der Waals surface area (Å²) in [7, 11) is 2.18. The molecule has 3 aromatic rings. The summed E-state index contributed by atoms with van der Waals surface area (Å²) in [6.07, 6.45) is 6.06.